The van der Waals surface area contributed by atoms with Crippen molar-refractivity contribution < 1.29 is 9.21 Å². The van der Waals surface area contributed by atoms with Gasteiger partial charge in [-0.25, -0.2) is 4.52 Å². The van der Waals surface area contributed by atoms with Crippen molar-refractivity contribution in [3.63, 3.8) is 0 Å². The number of aryl methyl sites for hydroxylation is 2. The molecule has 0 bridgehead atoms. The maximum atomic E-state index is 12.5. The summed E-state index contributed by atoms with van der Waals surface area (Å²) in [6.07, 6.45) is 4.59. The van der Waals surface area contributed by atoms with Gasteiger partial charge in [-0.1, -0.05) is 30.3 Å². The number of aromatic nitrogens is 4. The highest BCUT2D eigenvalue weighted by atomic mass is 16.3. The fraction of sp³-hybridized carbons (Fsp3) is 0.100. The zero-order chi connectivity index (χ0) is 18.1. The van der Waals surface area contributed by atoms with Crippen molar-refractivity contribution in [2.45, 2.75) is 13.8 Å². The van der Waals surface area contributed by atoms with Crippen molar-refractivity contribution in [1.82, 2.24) is 19.8 Å². The summed E-state index contributed by atoms with van der Waals surface area (Å²) >= 11 is 0. The van der Waals surface area contributed by atoms with Crippen molar-refractivity contribution >= 4 is 17.5 Å². The van der Waals surface area contributed by atoms with Crippen LogP contribution in [-0.4, -0.2) is 25.6 Å². The minimum atomic E-state index is -0.247. The van der Waals surface area contributed by atoms with Gasteiger partial charge in [0.2, 0.25) is 5.78 Å². The van der Waals surface area contributed by atoms with E-state index in [4.69, 9.17) is 4.42 Å². The zero-order valence-electron chi connectivity index (χ0n) is 14.4. The number of nitrogens with zero attached hydrogens (tertiary/aromatic N) is 4. The molecule has 0 saturated carbocycles. The van der Waals surface area contributed by atoms with E-state index in [0.717, 1.165) is 16.8 Å². The van der Waals surface area contributed by atoms with Gasteiger partial charge in [0.1, 0.15) is 5.76 Å². The van der Waals surface area contributed by atoms with E-state index in [-0.39, 0.29) is 11.5 Å². The predicted octanol–water partition coefficient (Wildman–Crippen LogP) is 3.90. The summed E-state index contributed by atoms with van der Waals surface area (Å²) in [4.78, 5) is 12.5. The Morgan fingerprint density at radius 2 is 1.88 bits per heavy atom. The molecule has 0 saturated heterocycles. The van der Waals surface area contributed by atoms with Crippen LogP contribution >= 0.6 is 0 Å². The monoisotopic (exact) mass is 344 g/mol. The average molecular weight is 344 g/mol. The van der Waals surface area contributed by atoms with Crippen molar-refractivity contribution in [2.75, 3.05) is 0 Å². The standard InChI is InChI=1S/C20H16N4O2/c1-13-18(15-7-4-3-5-8-15)20-22-21-19(14(2)24(20)23-13)17(25)11-10-16-9-6-12-26-16/h3-12H,1-2H3/b11-10-. The Kier molecular flexibility index (Phi) is 3.93. The number of allylic oxidation sites excluding steroid dienone is 1. The largest absolute Gasteiger partial charge is 0.465 e. The van der Waals surface area contributed by atoms with E-state index >= 15 is 0 Å². The minimum Gasteiger partial charge on any atom is -0.465 e. The molecule has 0 spiro atoms. The Balaban J connectivity index is 1.78. The molecule has 0 unspecified atom stereocenters. The topological polar surface area (TPSA) is 73.3 Å². The summed E-state index contributed by atoms with van der Waals surface area (Å²) in [5.74, 6) is 0.356. The molecular weight excluding hydrogens is 328 g/mol. The quantitative estimate of drug-likeness (QED) is 0.415. The molecule has 0 radical (unpaired) electrons. The lowest BCUT2D eigenvalue weighted by Crippen LogP contribution is -2.10. The van der Waals surface area contributed by atoms with Crippen LogP contribution in [0.1, 0.15) is 27.6 Å². The maximum Gasteiger partial charge on any atom is 0.208 e. The molecule has 0 aliphatic carbocycles. The molecule has 6 heteroatoms. The Morgan fingerprint density at radius 1 is 1.08 bits per heavy atom. The molecule has 0 aliphatic heterocycles. The number of fused-ring (bicyclic) bond motifs is 1. The van der Waals surface area contributed by atoms with Gasteiger partial charge in [-0.2, -0.15) is 5.10 Å². The number of furan rings is 1. The SMILES string of the molecule is Cc1nn2c(C)c(C(=O)/C=C\c3ccco3)nnc2c1-c1ccccc1. The highest BCUT2D eigenvalue weighted by molar-refractivity contribution is 6.06. The third kappa shape index (κ3) is 2.71. The number of carbonyl (C=O) groups excluding carboxylic acids is 1. The summed E-state index contributed by atoms with van der Waals surface area (Å²) in [5.41, 5.74) is 4.33. The molecule has 4 rings (SSSR count). The average Bonchev–Trinajstić information content (AvgIpc) is 3.28. The van der Waals surface area contributed by atoms with Crippen molar-refractivity contribution in [3.05, 3.63) is 77.6 Å². The van der Waals surface area contributed by atoms with Crippen LogP contribution in [0.25, 0.3) is 22.9 Å². The predicted molar refractivity (Wildman–Crippen MR) is 97.8 cm³/mol. The fourth-order valence-electron chi connectivity index (χ4n) is 2.90. The van der Waals surface area contributed by atoms with Crippen LogP contribution < -0.4 is 0 Å². The lowest BCUT2D eigenvalue weighted by Gasteiger charge is -2.04. The first kappa shape index (κ1) is 16.0. The van der Waals surface area contributed by atoms with Gasteiger partial charge in [0.05, 0.1) is 23.2 Å². The Labute approximate surface area is 149 Å². The molecule has 0 aliphatic rings. The van der Waals surface area contributed by atoms with Gasteiger partial charge in [0, 0.05) is 0 Å². The van der Waals surface area contributed by atoms with Gasteiger partial charge in [-0.15, -0.1) is 10.2 Å². The molecule has 0 amide bonds. The number of benzene rings is 1. The second-order valence-electron chi connectivity index (χ2n) is 5.91. The normalized spacial score (nSPS) is 11.5. The minimum absolute atomic E-state index is 0.247. The van der Waals surface area contributed by atoms with E-state index in [2.05, 4.69) is 15.3 Å². The van der Waals surface area contributed by atoms with E-state index in [9.17, 15) is 4.79 Å². The summed E-state index contributed by atoms with van der Waals surface area (Å²) in [6.45, 7) is 3.74. The van der Waals surface area contributed by atoms with Crippen LogP contribution in [0.4, 0.5) is 0 Å². The Morgan fingerprint density at radius 3 is 2.62 bits per heavy atom. The molecule has 4 aromatic rings. The summed E-state index contributed by atoms with van der Waals surface area (Å²) in [6, 6.07) is 13.4. The second-order valence-corrected chi connectivity index (χ2v) is 5.91. The van der Waals surface area contributed by atoms with Crippen LogP contribution in [0, 0.1) is 13.8 Å². The number of hydrogen-bond acceptors (Lipinski definition) is 5. The zero-order valence-corrected chi connectivity index (χ0v) is 14.4. The van der Waals surface area contributed by atoms with Crippen LogP contribution in [0.15, 0.2) is 59.2 Å². The van der Waals surface area contributed by atoms with Crippen molar-refractivity contribution in [2.24, 2.45) is 0 Å². The van der Waals surface area contributed by atoms with Crippen molar-refractivity contribution in [3.8, 4) is 11.1 Å². The summed E-state index contributed by atoms with van der Waals surface area (Å²) in [5, 5.41) is 13.0. The molecule has 0 atom stereocenters. The number of rotatable bonds is 4. The van der Waals surface area contributed by atoms with E-state index in [0.29, 0.717) is 17.1 Å². The van der Waals surface area contributed by atoms with Crippen molar-refractivity contribution in [1.29, 1.82) is 0 Å². The smallest absolute Gasteiger partial charge is 0.208 e. The number of ketones is 1. The first-order valence-electron chi connectivity index (χ1n) is 8.19. The number of hydrogen-bond donors (Lipinski definition) is 0. The Hall–Kier alpha value is -3.54. The second kappa shape index (κ2) is 6.40. The lowest BCUT2D eigenvalue weighted by molar-refractivity contribution is 0.104. The van der Waals surface area contributed by atoms with Gasteiger partial charge >= 0.3 is 0 Å². The third-order valence-corrected chi connectivity index (χ3v) is 4.18. The molecule has 128 valence electrons. The maximum absolute atomic E-state index is 12.5. The molecule has 26 heavy (non-hydrogen) atoms. The fourth-order valence-corrected chi connectivity index (χ4v) is 2.90. The summed E-state index contributed by atoms with van der Waals surface area (Å²) in [7, 11) is 0. The van der Waals surface area contributed by atoms with Gasteiger partial charge in [-0.05, 0) is 43.7 Å². The Bertz CT molecular complexity index is 1110. The number of carbonyl (C=O) groups is 1. The van der Waals surface area contributed by atoms with Gasteiger partial charge in [0.15, 0.2) is 11.3 Å². The lowest BCUT2D eigenvalue weighted by atomic mass is 10.1. The van der Waals surface area contributed by atoms with Crippen LogP contribution in [0.5, 0.6) is 0 Å². The van der Waals surface area contributed by atoms with Gasteiger partial charge < -0.3 is 4.42 Å². The van der Waals surface area contributed by atoms with Crippen LogP contribution in [0.2, 0.25) is 0 Å². The molecule has 3 heterocycles. The van der Waals surface area contributed by atoms with Crippen LogP contribution in [0.3, 0.4) is 0 Å². The molecular formula is C20H16N4O2. The molecule has 0 N–H and O–H groups in total. The van der Waals surface area contributed by atoms with E-state index in [1.54, 1.807) is 29.0 Å². The molecule has 3 aromatic heterocycles. The molecule has 1 aromatic carbocycles. The molecule has 6 nitrogen and oxygen atoms in total. The first-order chi connectivity index (χ1) is 12.6. The van der Waals surface area contributed by atoms with Gasteiger partial charge in [-0.3, -0.25) is 4.79 Å². The highest BCUT2D eigenvalue weighted by Gasteiger charge is 2.19. The third-order valence-electron chi connectivity index (χ3n) is 4.18. The molecule has 0 fully saturated rings. The first-order valence-corrected chi connectivity index (χ1v) is 8.19. The van der Waals surface area contributed by atoms with E-state index < -0.39 is 0 Å². The van der Waals surface area contributed by atoms with E-state index in [1.165, 1.54) is 6.08 Å². The van der Waals surface area contributed by atoms with Crippen LogP contribution in [-0.2, 0) is 0 Å². The van der Waals surface area contributed by atoms with Gasteiger partial charge in [0.25, 0.3) is 0 Å². The summed E-state index contributed by atoms with van der Waals surface area (Å²) < 4.78 is 6.87. The van der Waals surface area contributed by atoms with E-state index in [1.807, 2.05) is 44.2 Å². The highest BCUT2D eigenvalue weighted by Crippen LogP contribution is 2.27.